The van der Waals surface area contributed by atoms with Gasteiger partial charge in [-0.3, -0.25) is 14.4 Å². The van der Waals surface area contributed by atoms with Gasteiger partial charge in [0.1, 0.15) is 18.1 Å². The molecular formula is C16H30N4O6S. The fraction of sp³-hybridized carbons (Fsp3) is 0.750. The first-order valence-electron chi connectivity index (χ1n) is 8.55. The molecule has 0 spiro atoms. The number of amides is 3. The largest absolute Gasteiger partial charge is 0.480 e. The SMILES string of the molecule is CSCCC(NC(=O)C(NC(=O)CN)C(C)O)C(=O)NC(C(=O)O)C(C)C. The van der Waals surface area contributed by atoms with Gasteiger partial charge in [0.2, 0.25) is 17.7 Å². The predicted octanol–water partition coefficient (Wildman–Crippen LogP) is -1.73. The molecule has 11 heteroatoms. The quantitative estimate of drug-likeness (QED) is 0.222. The van der Waals surface area contributed by atoms with E-state index >= 15 is 0 Å². The Labute approximate surface area is 163 Å². The molecule has 0 saturated heterocycles. The lowest BCUT2D eigenvalue weighted by Crippen LogP contribution is -2.59. The first-order valence-corrected chi connectivity index (χ1v) is 9.94. The Hall–Kier alpha value is -1.85. The van der Waals surface area contributed by atoms with Crippen LogP contribution in [0, 0.1) is 5.92 Å². The van der Waals surface area contributed by atoms with Crippen LogP contribution in [0.3, 0.4) is 0 Å². The molecular weight excluding hydrogens is 376 g/mol. The third kappa shape index (κ3) is 9.07. The van der Waals surface area contributed by atoms with E-state index in [0.29, 0.717) is 5.75 Å². The standard InChI is InChI=1S/C16H30N4O6S/c1-8(2)12(16(25)26)20-14(23)10(5-6-27-4)18-15(24)13(9(3)21)19-11(22)7-17/h8-10,12-13,21H,5-7,17H2,1-4H3,(H,18,24)(H,19,22)(H,20,23)(H,25,26). The molecule has 0 aromatic rings. The normalized spacial score (nSPS) is 15.4. The van der Waals surface area contributed by atoms with E-state index in [2.05, 4.69) is 16.0 Å². The number of nitrogens with one attached hydrogen (secondary N) is 3. The average Bonchev–Trinajstić information content (AvgIpc) is 2.59. The van der Waals surface area contributed by atoms with E-state index in [4.69, 9.17) is 5.73 Å². The molecule has 4 atom stereocenters. The first kappa shape index (κ1) is 25.1. The van der Waals surface area contributed by atoms with Crippen LogP contribution in [-0.2, 0) is 19.2 Å². The van der Waals surface area contributed by atoms with Crippen molar-refractivity contribution in [3.63, 3.8) is 0 Å². The second kappa shape index (κ2) is 12.5. The van der Waals surface area contributed by atoms with Gasteiger partial charge in [-0.2, -0.15) is 11.8 Å². The number of hydrogen-bond donors (Lipinski definition) is 6. The summed E-state index contributed by atoms with van der Waals surface area (Å²) in [5, 5.41) is 26.1. The summed E-state index contributed by atoms with van der Waals surface area (Å²) in [5.41, 5.74) is 5.20. The van der Waals surface area contributed by atoms with Gasteiger partial charge in [-0.05, 0) is 31.3 Å². The molecule has 0 bridgehead atoms. The highest BCUT2D eigenvalue weighted by Gasteiger charge is 2.31. The lowest BCUT2D eigenvalue weighted by Gasteiger charge is -2.26. The number of aliphatic hydroxyl groups is 1. The molecule has 10 nitrogen and oxygen atoms in total. The number of carbonyl (C=O) groups is 4. The van der Waals surface area contributed by atoms with Crippen molar-refractivity contribution in [1.82, 2.24) is 16.0 Å². The van der Waals surface area contributed by atoms with Crippen LogP contribution in [0.25, 0.3) is 0 Å². The second-order valence-corrected chi connectivity index (χ2v) is 7.39. The van der Waals surface area contributed by atoms with Crippen LogP contribution in [-0.4, -0.2) is 76.7 Å². The van der Waals surface area contributed by atoms with Crippen molar-refractivity contribution < 1.29 is 29.4 Å². The summed E-state index contributed by atoms with van der Waals surface area (Å²) >= 11 is 1.45. The Balaban J connectivity index is 5.26. The van der Waals surface area contributed by atoms with E-state index in [1.807, 2.05) is 6.26 Å². The molecule has 0 fully saturated rings. The van der Waals surface area contributed by atoms with E-state index in [9.17, 15) is 29.4 Å². The van der Waals surface area contributed by atoms with Crippen LogP contribution in [0.5, 0.6) is 0 Å². The van der Waals surface area contributed by atoms with E-state index in [0.717, 1.165) is 0 Å². The number of hydrogen-bond acceptors (Lipinski definition) is 7. The van der Waals surface area contributed by atoms with Gasteiger partial charge in [-0.25, -0.2) is 4.79 Å². The molecule has 0 aliphatic carbocycles. The van der Waals surface area contributed by atoms with Crippen molar-refractivity contribution in [3.8, 4) is 0 Å². The summed E-state index contributed by atoms with van der Waals surface area (Å²) in [6.45, 7) is 4.26. The molecule has 3 amide bonds. The summed E-state index contributed by atoms with van der Waals surface area (Å²) < 4.78 is 0. The summed E-state index contributed by atoms with van der Waals surface area (Å²) in [7, 11) is 0. The van der Waals surface area contributed by atoms with Crippen molar-refractivity contribution in [1.29, 1.82) is 0 Å². The molecule has 4 unspecified atom stereocenters. The molecule has 0 aliphatic heterocycles. The van der Waals surface area contributed by atoms with Crippen molar-refractivity contribution in [3.05, 3.63) is 0 Å². The predicted molar refractivity (Wildman–Crippen MR) is 102 cm³/mol. The molecule has 7 N–H and O–H groups in total. The number of carboxylic acids is 1. The zero-order valence-electron chi connectivity index (χ0n) is 16.0. The van der Waals surface area contributed by atoms with E-state index in [1.165, 1.54) is 18.7 Å². The number of aliphatic carboxylic acids is 1. The van der Waals surface area contributed by atoms with Crippen LogP contribution in [0.4, 0.5) is 0 Å². The first-order chi connectivity index (χ1) is 12.5. The minimum absolute atomic E-state index is 0.251. The monoisotopic (exact) mass is 406 g/mol. The maximum Gasteiger partial charge on any atom is 0.326 e. The van der Waals surface area contributed by atoms with E-state index in [-0.39, 0.29) is 18.9 Å². The van der Waals surface area contributed by atoms with Gasteiger partial charge in [0.15, 0.2) is 0 Å². The Morgan fingerprint density at radius 2 is 1.59 bits per heavy atom. The number of thioether (sulfide) groups is 1. The van der Waals surface area contributed by atoms with Crippen molar-refractivity contribution in [2.24, 2.45) is 11.7 Å². The fourth-order valence-corrected chi connectivity index (χ4v) is 2.64. The van der Waals surface area contributed by atoms with Gasteiger partial charge in [-0.1, -0.05) is 13.8 Å². The fourth-order valence-electron chi connectivity index (χ4n) is 2.17. The zero-order chi connectivity index (χ0) is 21.1. The summed E-state index contributed by atoms with van der Waals surface area (Å²) in [5.74, 6) is -3.03. The Morgan fingerprint density at radius 1 is 1.00 bits per heavy atom. The van der Waals surface area contributed by atoms with Gasteiger partial charge < -0.3 is 31.9 Å². The molecule has 0 aliphatic rings. The molecule has 27 heavy (non-hydrogen) atoms. The highest BCUT2D eigenvalue weighted by molar-refractivity contribution is 7.98. The molecule has 0 aromatic heterocycles. The lowest BCUT2D eigenvalue weighted by molar-refractivity contribution is -0.143. The highest BCUT2D eigenvalue weighted by atomic mass is 32.2. The number of nitrogens with two attached hydrogens (primary N) is 1. The second-order valence-electron chi connectivity index (χ2n) is 6.40. The van der Waals surface area contributed by atoms with Gasteiger partial charge in [0.25, 0.3) is 0 Å². The highest BCUT2D eigenvalue weighted by Crippen LogP contribution is 2.06. The van der Waals surface area contributed by atoms with E-state index in [1.54, 1.807) is 13.8 Å². The third-order valence-electron chi connectivity index (χ3n) is 3.74. The molecule has 156 valence electrons. The summed E-state index contributed by atoms with van der Waals surface area (Å²) in [4.78, 5) is 47.7. The number of carboxylic acid groups (broad SMARTS) is 1. The zero-order valence-corrected chi connectivity index (χ0v) is 16.8. The Morgan fingerprint density at radius 3 is 2.00 bits per heavy atom. The van der Waals surface area contributed by atoms with Crippen molar-refractivity contribution in [2.75, 3.05) is 18.6 Å². The smallest absolute Gasteiger partial charge is 0.326 e. The Bertz CT molecular complexity index is 529. The van der Waals surface area contributed by atoms with Crippen molar-refractivity contribution in [2.45, 2.75) is 51.4 Å². The molecule has 0 heterocycles. The summed E-state index contributed by atoms with van der Waals surface area (Å²) in [6, 6.07) is -3.40. The van der Waals surface area contributed by atoms with Gasteiger partial charge in [0.05, 0.1) is 12.6 Å². The maximum absolute atomic E-state index is 12.5. The number of aliphatic hydroxyl groups excluding tert-OH is 1. The van der Waals surface area contributed by atoms with E-state index < -0.39 is 47.9 Å². The molecule has 0 aromatic carbocycles. The van der Waals surface area contributed by atoms with Crippen molar-refractivity contribution >= 4 is 35.5 Å². The molecule has 0 rings (SSSR count). The van der Waals surface area contributed by atoms with Gasteiger partial charge in [-0.15, -0.1) is 0 Å². The minimum Gasteiger partial charge on any atom is -0.480 e. The minimum atomic E-state index is -1.29. The van der Waals surface area contributed by atoms with Crippen LogP contribution >= 0.6 is 11.8 Å². The molecule has 0 radical (unpaired) electrons. The van der Waals surface area contributed by atoms with Crippen LogP contribution in [0.1, 0.15) is 27.2 Å². The van der Waals surface area contributed by atoms with Crippen LogP contribution in [0.2, 0.25) is 0 Å². The summed E-state index contributed by atoms with van der Waals surface area (Å²) in [6.07, 6.45) is 0.859. The van der Waals surface area contributed by atoms with Gasteiger partial charge >= 0.3 is 5.97 Å². The number of rotatable bonds is 12. The molecule has 0 saturated carbocycles. The lowest BCUT2D eigenvalue weighted by atomic mass is 10.0. The third-order valence-corrected chi connectivity index (χ3v) is 4.38. The number of carbonyl (C=O) groups excluding carboxylic acids is 3. The van der Waals surface area contributed by atoms with Crippen LogP contribution < -0.4 is 21.7 Å². The van der Waals surface area contributed by atoms with Gasteiger partial charge in [0, 0.05) is 0 Å². The topological polar surface area (TPSA) is 171 Å². The Kier molecular flexibility index (Phi) is 11.7. The van der Waals surface area contributed by atoms with Crippen LogP contribution in [0.15, 0.2) is 0 Å². The maximum atomic E-state index is 12.5. The average molecular weight is 407 g/mol.